The number of unbranched alkanes of at least 4 members (excludes halogenated alkanes) is 19. The molecule has 0 N–H and O–H groups in total. The Morgan fingerprint density at radius 3 is 0.893 bits per heavy atom. The molecule has 0 heterocycles. The molecule has 0 spiro atoms. The highest BCUT2D eigenvalue weighted by molar-refractivity contribution is 4.51. The Labute approximate surface area is 190 Å². The van der Waals surface area contributed by atoms with E-state index in [1.54, 1.807) is 0 Å². The van der Waals surface area contributed by atoms with Crippen LogP contribution in [-0.2, 0) is 0 Å². The zero-order valence-corrected chi connectivity index (χ0v) is 22.0. The summed E-state index contributed by atoms with van der Waals surface area (Å²) in [6.45, 7) is 7.22. The fourth-order valence-corrected chi connectivity index (χ4v) is 3.95. The largest absolute Gasteiger partial charge is 1.00 e. The van der Waals surface area contributed by atoms with Crippen molar-refractivity contribution in [3.8, 4) is 0 Å². The smallest absolute Gasteiger partial charge is 0.0782 e. The van der Waals surface area contributed by atoms with Gasteiger partial charge >= 0.3 is 0 Å². The molecule has 0 bridgehead atoms. The Balaban J connectivity index is 0. The van der Waals surface area contributed by atoms with E-state index in [0.29, 0.717) is 0 Å². The van der Waals surface area contributed by atoms with E-state index in [0.717, 1.165) is 0 Å². The molecule has 0 rings (SSSR count). The summed E-state index contributed by atoms with van der Waals surface area (Å²) in [4.78, 5) is 0. The molecule has 172 valence electrons. The molecule has 0 amide bonds. The Kier molecular flexibility index (Phi) is 25.9. The average Bonchev–Trinajstić information content (AvgIpc) is 2.66. The molecule has 1 nitrogen and oxygen atoms in total. The van der Waals surface area contributed by atoms with E-state index < -0.39 is 0 Å². The third-order valence-corrected chi connectivity index (χ3v) is 6.47. The van der Waals surface area contributed by atoms with E-state index in [4.69, 9.17) is 0 Å². The summed E-state index contributed by atoms with van der Waals surface area (Å²) in [5, 5.41) is 0. The van der Waals surface area contributed by atoms with Gasteiger partial charge in [-0.3, -0.25) is 0 Å². The van der Waals surface area contributed by atoms with Gasteiger partial charge in [-0.2, -0.15) is 0 Å². The van der Waals surface area contributed by atoms with Gasteiger partial charge in [0.25, 0.3) is 0 Å². The normalized spacial score (nSPS) is 11.6. The second kappa shape index (κ2) is 23.7. The van der Waals surface area contributed by atoms with Crippen molar-refractivity contribution in [1.82, 2.24) is 0 Å². The number of halogens is 1. The van der Waals surface area contributed by atoms with Crippen LogP contribution >= 0.6 is 0 Å². The first-order chi connectivity index (χ1) is 13.1. The van der Waals surface area contributed by atoms with Crippen molar-refractivity contribution in [2.75, 3.05) is 27.2 Å². The number of rotatable bonds is 22. The molecular formula is C26H56BrN. The van der Waals surface area contributed by atoms with Crippen molar-refractivity contribution < 1.29 is 21.5 Å². The molecule has 0 radical (unpaired) electrons. The SMILES string of the molecule is CCCCCCCCCCCCCCCCCCCCCC[N+](C)(C)CC.[Br-]. The summed E-state index contributed by atoms with van der Waals surface area (Å²) in [7, 11) is 4.71. The maximum Gasteiger partial charge on any atom is 0.0782 e. The van der Waals surface area contributed by atoms with Crippen LogP contribution in [0.25, 0.3) is 0 Å². The first-order valence-electron chi connectivity index (χ1n) is 12.9. The molecule has 0 aliphatic rings. The van der Waals surface area contributed by atoms with Gasteiger partial charge in [0.1, 0.15) is 0 Å². The summed E-state index contributed by atoms with van der Waals surface area (Å²) >= 11 is 0. The van der Waals surface area contributed by atoms with E-state index in [2.05, 4.69) is 27.9 Å². The lowest BCUT2D eigenvalue weighted by Crippen LogP contribution is -3.00. The third-order valence-electron chi connectivity index (χ3n) is 6.47. The zero-order chi connectivity index (χ0) is 20.1. The third kappa shape index (κ3) is 24.5. The lowest BCUT2D eigenvalue weighted by Gasteiger charge is -2.28. The molecule has 0 aromatic rings. The Bertz CT molecular complexity index is 278. The standard InChI is InChI=1S/C26H56N.BrH/c1-5-7-8-9-10-11-12-13-14-15-16-17-18-19-20-21-22-23-24-25-26-27(3,4)6-2;/h5-26H2,1-4H3;1H/q+1;/p-1. The van der Waals surface area contributed by atoms with Crippen LogP contribution in [0.1, 0.15) is 142 Å². The minimum absolute atomic E-state index is 0. The summed E-state index contributed by atoms with van der Waals surface area (Å²) < 4.78 is 1.19. The molecular weight excluding hydrogens is 406 g/mol. The topological polar surface area (TPSA) is 0 Å². The first kappa shape index (κ1) is 30.6. The average molecular weight is 463 g/mol. The van der Waals surface area contributed by atoms with Crippen LogP contribution in [0.5, 0.6) is 0 Å². The first-order valence-corrected chi connectivity index (χ1v) is 12.9. The molecule has 0 saturated carbocycles. The Morgan fingerprint density at radius 1 is 0.393 bits per heavy atom. The van der Waals surface area contributed by atoms with Crippen LogP contribution in [-0.4, -0.2) is 31.7 Å². The maximum absolute atomic E-state index is 2.36. The highest BCUT2D eigenvalue weighted by atomic mass is 79.9. The van der Waals surface area contributed by atoms with Crippen molar-refractivity contribution in [3.63, 3.8) is 0 Å². The van der Waals surface area contributed by atoms with Crippen LogP contribution in [0.3, 0.4) is 0 Å². The Morgan fingerprint density at radius 2 is 0.643 bits per heavy atom. The predicted octanol–water partition coefficient (Wildman–Crippen LogP) is 5.91. The molecule has 2 heteroatoms. The van der Waals surface area contributed by atoms with E-state index in [1.807, 2.05) is 0 Å². The van der Waals surface area contributed by atoms with Gasteiger partial charge in [0, 0.05) is 0 Å². The minimum atomic E-state index is 0. The van der Waals surface area contributed by atoms with E-state index >= 15 is 0 Å². The van der Waals surface area contributed by atoms with Crippen molar-refractivity contribution >= 4 is 0 Å². The predicted molar refractivity (Wildman–Crippen MR) is 126 cm³/mol. The van der Waals surface area contributed by atoms with Crippen LogP contribution in [0, 0.1) is 0 Å². The van der Waals surface area contributed by atoms with Crippen LogP contribution in [0.15, 0.2) is 0 Å². The molecule has 0 aromatic heterocycles. The van der Waals surface area contributed by atoms with Gasteiger partial charge in [0.15, 0.2) is 0 Å². The van der Waals surface area contributed by atoms with Gasteiger partial charge in [0.2, 0.25) is 0 Å². The summed E-state index contributed by atoms with van der Waals surface area (Å²) in [5.41, 5.74) is 0. The zero-order valence-electron chi connectivity index (χ0n) is 20.4. The van der Waals surface area contributed by atoms with Gasteiger partial charge in [-0.1, -0.05) is 122 Å². The molecule has 0 aliphatic heterocycles. The van der Waals surface area contributed by atoms with Crippen molar-refractivity contribution in [2.24, 2.45) is 0 Å². The number of quaternary nitrogens is 1. The lowest BCUT2D eigenvalue weighted by molar-refractivity contribution is -0.888. The second-order valence-electron chi connectivity index (χ2n) is 9.69. The maximum atomic E-state index is 2.36. The van der Waals surface area contributed by atoms with E-state index in [-0.39, 0.29) is 17.0 Å². The molecule has 28 heavy (non-hydrogen) atoms. The van der Waals surface area contributed by atoms with Crippen molar-refractivity contribution in [1.29, 1.82) is 0 Å². The monoisotopic (exact) mass is 461 g/mol. The summed E-state index contributed by atoms with van der Waals surface area (Å²) in [6.07, 6.45) is 29.4. The van der Waals surface area contributed by atoms with Crippen LogP contribution in [0.4, 0.5) is 0 Å². The van der Waals surface area contributed by atoms with Gasteiger partial charge in [-0.05, 0) is 19.8 Å². The molecule has 0 fully saturated rings. The highest BCUT2D eigenvalue weighted by Gasteiger charge is 2.09. The molecule has 0 aliphatic carbocycles. The fourth-order valence-electron chi connectivity index (χ4n) is 3.95. The second-order valence-corrected chi connectivity index (χ2v) is 9.69. The lowest BCUT2D eigenvalue weighted by atomic mass is 10.0. The quantitative estimate of drug-likeness (QED) is 0.139. The molecule has 0 saturated heterocycles. The molecule has 0 unspecified atom stereocenters. The van der Waals surface area contributed by atoms with Gasteiger partial charge in [-0.25, -0.2) is 0 Å². The molecule has 0 atom stereocenters. The van der Waals surface area contributed by atoms with Gasteiger partial charge < -0.3 is 21.5 Å². The van der Waals surface area contributed by atoms with Crippen molar-refractivity contribution in [2.45, 2.75) is 142 Å². The fraction of sp³-hybridized carbons (Fsp3) is 1.00. The van der Waals surface area contributed by atoms with E-state index in [9.17, 15) is 0 Å². The number of nitrogens with zero attached hydrogens (tertiary/aromatic N) is 1. The van der Waals surface area contributed by atoms with Crippen molar-refractivity contribution in [3.05, 3.63) is 0 Å². The molecule has 0 aromatic carbocycles. The summed E-state index contributed by atoms with van der Waals surface area (Å²) in [5.74, 6) is 0. The van der Waals surface area contributed by atoms with Gasteiger partial charge in [-0.15, -0.1) is 0 Å². The number of hydrogen-bond acceptors (Lipinski definition) is 0. The Hall–Kier alpha value is 0.440. The summed E-state index contributed by atoms with van der Waals surface area (Å²) in [6, 6.07) is 0. The number of hydrogen-bond donors (Lipinski definition) is 0. The van der Waals surface area contributed by atoms with Crippen LogP contribution in [0.2, 0.25) is 0 Å². The van der Waals surface area contributed by atoms with E-state index in [1.165, 1.54) is 146 Å². The highest BCUT2D eigenvalue weighted by Crippen LogP contribution is 2.15. The van der Waals surface area contributed by atoms with Crippen LogP contribution < -0.4 is 17.0 Å². The minimum Gasteiger partial charge on any atom is -1.00 e. The van der Waals surface area contributed by atoms with Gasteiger partial charge in [0.05, 0.1) is 27.2 Å².